The van der Waals surface area contributed by atoms with Gasteiger partial charge in [0, 0.05) is 37.9 Å². The van der Waals surface area contributed by atoms with Crippen LogP contribution in [0.25, 0.3) is 0 Å². The molecule has 92 valence electrons. The second-order valence-electron chi connectivity index (χ2n) is 4.19. The molecule has 6 heteroatoms. The number of carbonyl (C=O) groups excluding carboxylic acids is 1. The summed E-state index contributed by atoms with van der Waals surface area (Å²) in [4.78, 5) is 21.7. The highest BCUT2D eigenvalue weighted by Gasteiger charge is 2.24. The Hall–Kier alpha value is -1.69. The Labute approximate surface area is 100 Å². The average Bonchev–Trinajstić information content (AvgIpc) is 2.39. The zero-order valence-corrected chi connectivity index (χ0v) is 9.67. The first-order valence-electron chi connectivity index (χ1n) is 5.76. The lowest BCUT2D eigenvalue weighted by Crippen LogP contribution is -2.39. The highest BCUT2D eigenvalue weighted by atomic mass is 16.1. The van der Waals surface area contributed by atoms with Crippen molar-refractivity contribution in [1.82, 2.24) is 9.97 Å². The van der Waals surface area contributed by atoms with E-state index in [1.54, 1.807) is 12.4 Å². The van der Waals surface area contributed by atoms with Gasteiger partial charge in [0.25, 0.3) is 0 Å². The van der Waals surface area contributed by atoms with E-state index in [2.05, 4.69) is 14.9 Å². The molecule has 1 amide bonds. The molecule has 0 aliphatic carbocycles. The van der Waals surface area contributed by atoms with E-state index in [4.69, 9.17) is 11.5 Å². The molecular formula is C11H17N5O. The summed E-state index contributed by atoms with van der Waals surface area (Å²) >= 11 is 0. The van der Waals surface area contributed by atoms with Crippen molar-refractivity contribution in [1.29, 1.82) is 0 Å². The number of primary amides is 1. The molecule has 1 fully saturated rings. The van der Waals surface area contributed by atoms with Crippen LogP contribution in [-0.4, -0.2) is 29.0 Å². The van der Waals surface area contributed by atoms with Gasteiger partial charge >= 0.3 is 0 Å². The number of nitrogens with two attached hydrogens (primary N) is 2. The summed E-state index contributed by atoms with van der Waals surface area (Å²) in [5.41, 5.74) is 11.7. The predicted octanol–water partition coefficient (Wildman–Crippen LogP) is -0.363. The lowest BCUT2D eigenvalue weighted by molar-refractivity contribution is -0.122. The molecular weight excluding hydrogens is 218 g/mol. The average molecular weight is 235 g/mol. The molecule has 1 aromatic heterocycles. The van der Waals surface area contributed by atoms with Crippen molar-refractivity contribution in [2.24, 2.45) is 17.4 Å². The molecule has 0 spiro atoms. The van der Waals surface area contributed by atoms with Crippen LogP contribution >= 0.6 is 0 Å². The van der Waals surface area contributed by atoms with Crippen molar-refractivity contribution in [2.45, 2.75) is 19.4 Å². The van der Waals surface area contributed by atoms with Crippen LogP contribution in [0, 0.1) is 5.92 Å². The number of hydrogen-bond acceptors (Lipinski definition) is 5. The molecule has 0 atom stereocenters. The topological polar surface area (TPSA) is 98.1 Å². The Balaban J connectivity index is 2.07. The van der Waals surface area contributed by atoms with Gasteiger partial charge < -0.3 is 16.4 Å². The van der Waals surface area contributed by atoms with E-state index in [-0.39, 0.29) is 11.8 Å². The predicted molar refractivity (Wildman–Crippen MR) is 64.1 cm³/mol. The van der Waals surface area contributed by atoms with Gasteiger partial charge in [-0.25, -0.2) is 4.98 Å². The first kappa shape index (κ1) is 11.8. The normalized spacial score (nSPS) is 17.1. The number of piperidine rings is 1. The van der Waals surface area contributed by atoms with Gasteiger partial charge in [-0.2, -0.15) is 0 Å². The Morgan fingerprint density at radius 1 is 1.35 bits per heavy atom. The molecule has 1 aliphatic rings. The highest BCUT2D eigenvalue weighted by Crippen LogP contribution is 2.22. The second-order valence-corrected chi connectivity index (χ2v) is 4.19. The highest BCUT2D eigenvalue weighted by molar-refractivity contribution is 5.77. The first-order valence-corrected chi connectivity index (χ1v) is 5.76. The molecule has 6 nitrogen and oxygen atoms in total. The third-order valence-electron chi connectivity index (χ3n) is 3.14. The number of nitrogens with zero attached hydrogens (tertiary/aromatic N) is 3. The maximum Gasteiger partial charge on any atom is 0.220 e. The minimum Gasteiger partial charge on any atom is -0.369 e. The lowest BCUT2D eigenvalue weighted by Gasteiger charge is -2.32. The molecule has 2 rings (SSSR count). The number of anilines is 1. The molecule has 0 radical (unpaired) electrons. The fourth-order valence-electron chi connectivity index (χ4n) is 2.14. The summed E-state index contributed by atoms with van der Waals surface area (Å²) in [5, 5.41) is 0. The Kier molecular flexibility index (Phi) is 3.53. The maximum absolute atomic E-state index is 11.1. The SMILES string of the molecule is NCc1nccnc1N1CCC(C(N)=O)CC1. The smallest absolute Gasteiger partial charge is 0.220 e. The van der Waals surface area contributed by atoms with Crippen molar-refractivity contribution in [3.63, 3.8) is 0 Å². The molecule has 17 heavy (non-hydrogen) atoms. The molecule has 2 heterocycles. The molecule has 1 aliphatic heterocycles. The number of hydrogen-bond donors (Lipinski definition) is 2. The summed E-state index contributed by atoms with van der Waals surface area (Å²) in [6.07, 6.45) is 4.85. The van der Waals surface area contributed by atoms with Crippen LogP contribution in [0.15, 0.2) is 12.4 Å². The Morgan fingerprint density at radius 3 is 2.59 bits per heavy atom. The molecule has 1 saturated heterocycles. The third-order valence-corrected chi connectivity index (χ3v) is 3.14. The van der Waals surface area contributed by atoms with Crippen LogP contribution in [0.5, 0.6) is 0 Å². The fourth-order valence-corrected chi connectivity index (χ4v) is 2.14. The zero-order valence-electron chi connectivity index (χ0n) is 9.67. The van der Waals surface area contributed by atoms with Crippen molar-refractivity contribution in [2.75, 3.05) is 18.0 Å². The molecule has 0 saturated carbocycles. The van der Waals surface area contributed by atoms with E-state index in [9.17, 15) is 4.79 Å². The van der Waals surface area contributed by atoms with E-state index in [1.807, 2.05) is 0 Å². The number of amides is 1. The van der Waals surface area contributed by atoms with Gasteiger partial charge in [-0.1, -0.05) is 0 Å². The zero-order chi connectivity index (χ0) is 12.3. The van der Waals surface area contributed by atoms with Gasteiger partial charge in [0.1, 0.15) is 0 Å². The summed E-state index contributed by atoms with van der Waals surface area (Å²) in [6.45, 7) is 1.93. The van der Waals surface area contributed by atoms with Gasteiger partial charge in [-0.05, 0) is 12.8 Å². The van der Waals surface area contributed by atoms with E-state index in [1.165, 1.54) is 0 Å². The third kappa shape index (κ3) is 2.52. The Bertz CT molecular complexity index is 401. The quantitative estimate of drug-likeness (QED) is 0.745. The van der Waals surface area contributed by atoms with Crippen LogP contribution in [0.2, 0.25) is 0 Å². The van der Waals surface area contributed by atoms with Gasteiger partial charge in [0.05, 0.1) is 5.69 Å². The van der Waals surface area contributed by atoms with E-state index >= 15 is 0 Å². The van der Waals surface area contributed by atoms with Crippen molar-refractivity contribution in [3.05, 3.63) is 18.1 Å². The van der Waals surface area contributed by atoms with Gasteiger partial charge in [-0.15, -0.1) is 0 Å². The van der Waals surface area contributed by atoms with Crippen LogP contribution in [0.3, 0.4) is 0 Å². The molecule has 0 unspecified atom stereocenters. The Morgan fingerprint density at radius 2 is 2.00 bits per heavy atom. The lowest BCUT2D eigenvalue weighted by atomic mass is 9.96. The second kappa shape index (κ2) is 5.09. The van der Waals surface area contributed by atoms with Gasteiger partial charge in [-0.3, -0.25) is 9.78 Å². The standard InChI is InChI=1S/C11H17N5O/c12-7-9-11(15-4-3-14-9)16-5-1-8(2-6-16)10(13)17/h3-4,8H,1-2,5-7,12H2,(H2,13,17). The number of rotatable bonds is 3. The van der Waals surface area contributed by atoms with E-state index in [0.717, 1.165) is 37.4 Å². The number of carbonyl (C=O) groups is 1. The molecule has 1 aromatic rings. The molecule has 0 aromatic carbocycles. The summed E-state index contributed by atoms with van der Waals surface area (Å²) in [6, 6.07) is 0. The van der Waals surface area contributed by atoms with Crippen LogP contribution in [0.1, 0.15) is 18.5 Å². The summed E-state index contributed by atoms with van der Waals surface area (Å²) in [7, 11) is 0. The molecule has 0 bridgehead atoms. The van der Waals surface area contributed by atoms with Crippen molar-refractivity contribution >= 4 is 11.7 Å². The first-order chi connectivity index (χ1) is 8.22. The van der Waals surface area contributed by atoms with E-state index in [0.29, 0.717) is 6.54 Å². The molecule has 4 N–H and O–H groups in total. The fraction of sp³-hybridized carbons (Fsp3) is 0.545. The summed E-state index contributed by atoms with van der Waals surface area (Å²) < 4.78 is 0. The largest absolute Gasteiger partial charge is 0.369 e. The van der Waals surface area contributed by atoms with Gasteiger partial charge in [0.15, 0.2) is 5.82 Å². The minimum atomic E-state index is -0.206. The monoisotopic (exact) mass is 235 g/mol. The minimum absolute atomic E-state index is 0.00996. The summed E-state index contributed by atoms with van der Waals surface area (Å²) in [5.74, 6) is 0.616. The maximum atomic E-state index is 11.1. The van der Waals surface area contributed by atoms with Gasteiger partial charge in [0.2, 0.25) is 5.91 Å². The van der Waals surface area contributed by atoms with Crippen molar-refractivity contribution < 1.29 is 4.79 Å². The number of aromatic nitrogens is 2. The van der Waals surface area contributed by atoms with E-state index < -0.39 is 0 Å². The van der Waals surface area contributed by atoms with Crippen LogP contribution in [-0.2, 0) is 11.3 Å². The van der Waals surface area contributed by atoms with Crippen LogP contribution < -0.4 is 16.4 Å². The van der Waals surface area contributed by atoms with Crippen LogP contribution in [0.4, 0.5) is 5.82 Å². The van der Waals surface area contributed by atoms with Crippen molar-refractivity contribution in [3.8, 4) is 0 Å².